The maximum atomic E-state index is 3.49. The lowest BCUT2D eigenvalue weighted by Crippen LogP contribution is -2.62. The van der Waals surface area contributed by atoms with Crippen molar-refractivity contribution in [3.63, 3.8) is 0 Å². The van der Waals surface area contributed by atoms with Crippen LogP contribution in [0, 0.1) is 0 Å². The number of para-hydroxylation sites is 1. The molecule has 144 valence electrons. The largest absolute Gasteiger partial charge is 0.398 e. The van der Waals surface area contributed by atoms with Crippen molar-refractivity contribution in [3.8, 4) is 0 Å². The van der Waals surface area contributed by atoms with Gasteiger partial charge in [0, 0.05) is 17.1 Å². The van der Waals surface area contributed by atoms with Gasteiger partial charge in [-0.15, -0.1) is 0 Å². The first-order valence-corrected chi connectivity index (χ1v) is 10.7. The van der Waals surface area contributed by atoms with Crippen LogP contribution >= 0.6 is 0 Å². The number of hydrogen-bond donors (Lipinski definition) is 1. The number of unbranched alkanes of at least 4 members (excludes halogenated alkanes) is 3. The Bertz CT molecular complexity index is 564. The molecule has 0 aromatic heterocycles. The van der Waals surface area contributed by atoms with Gasteiger partial charge in [-0.1, -0.05) is 78.8 Å². The van der Waals surface area contributed by atoms with Crippen LogP contribution in [0.3, 0.4) is 0 Å². The van der Waals surface area contributed by atoms with E-state index < -0.39 is 0 Å². The van der Waals surface area contributed by atoms with E-state index in [0.717, 1.165) is 6.54 Å². The summed E-state index contributed by atoms with van der Waals surface area (Å²) in [6.45, 7) is 16.1. The molecule has 26 heavy (non-hydrogen) atoms. The van der Waals surface area contributed by atoms with Gasteiger partial charge >= 0.3 is 6.98 Å². The van der Waals surface area contributed by atoms with Crippen LogP contribution in [-0.2, 0) is 5.41 Å². The molecule has 0 radical (unpaired) electrons. The van der Waals surface area contributed by atoms with Crippen LogP contribution in [0.4, 0.5) is 5.69 Å². The van der Waals surface area contributed by atoms with E-state index in [-0.39, 0.29) is 5.41 Å². The average Bonchev–Trinajstić information content (AvgIpc) is 2.87. The second-order valence-electron chi connectivity index (χ2n) is 8.47. The summed E-state index contributed by atoms with van der Waals surface area (Å²) in [5.41, 5.74) is 3.12. The molecule has 0 fully saturated rings. The summed E-state index contributed by atoms with van der Waals surface area (Å²) < 4.78 is 2.65. The zero-order chi connectivity index (χ0) is 19.3. The zero-order valence-corrected chi connectivity index (χ0v) is 18.2. The predicted molar refractivity (Wildman–Crippen MR) is 119 cm³/mol. The molecule has 1 aromatic carbocycles. The molecule has 1 aliphatic rings. The van der Waals surface area contributed by atoms with Crippen molar-refractivity contribution in [1.82, 2.24) is 9.95 Å². The monoisotopic (exact) mass is 355 g/mol. The van der Waals surface area contributed by atoms with Crippen molar-refractivity contribution >= 4 is 19.7 Å². The Kier molecular flexibility index (Phi) is 7.66. The Morgan fingerprint density at radius 2 is 1.81 bits per heavy atom. The van der Waals surface area contributed by atoms with E-state index in [2.05, 4.69) is 87.4 Å². The number of hydrogen-bond acceptors (Lipinski definition) is 3. The fraction of sp³-hybridized carbons (Fsp3) is 0.714. The van der Waals surface area contributed by atoms with Gasteiger partial charge in [-0.25, -0.2) is 0 Å². The van der Waals surface area contributed by atoms with E-state index in [1.54, 1.807) is 0 Å². The van der Waals surface area contributed by atoms with Crippen molar-refractivity contribution in [3.05, 3.63) is 29.8 Å². The number of nitrogens with zero attached hydrogens (tertiary/aromatic N) is 2. The smallest absolute Gasteiger partial charge is 0.329 e. The number of rotatable bonds is 10. The van der Waals surface area contributed by atoms with Crippen LogP contribution in [0.25, 0.3) is 0 Å². The normalized spacial score (nSPS) is 18.3. The highest BCUT2D eigenvalue weighted by molar-refractivity contribution is 6.72. The topological polar surface area (TPSA) is 18.5 Å². The fourth-order valence-electron chi connectivity index (χ4n) is 4.86. The molecule has 0 amide bonds. The first-order valence-electron chi connectivity index (χ1n) is 10.7. The van der Waals surface area contributed by atoms with E-state index in [0.29, 0.717) is 20.0 Å². The molecular weight excluding hydrogens is 316 g/mol. The summed E-state index contributed by atoms with van der Waals surface area (Å²) in [6, 6.07) is 9.58. The lowest BCUT2D eigenvalue weighted by molar-refractivity contribution is 0.424. The highest BCUT2D eigenvalue weighted by atomic mass is 15.3. The third kappa shape index (κ3) is 4.14. The molecule has 0 aliphatic carbocycles. The van der Waals surface area contributed by atoms with Gasteiger partial charge in [0.15, 0.2) is 0 Å². The minimum absolute atomic E-state index is 0.191. The summed E-state index contributed by atoms with van der Waals surface area (Å²) in [6.07, 6.45) is 6.41. The highest BCUT2D eigenvalue weighted by Crippen LogP contribution is 2.46. The van der Waals surface area contributed by atoms with Crippen LogP contribution < -0.4 is 10.0 Å². The van der Waals surface area contributed by atoms with E-state index in [1.165, 1.54) is 43.4 Å². The van der Waals surface area contributed by atoms with Gasteiger partial charge in [0.25, 0.3) is 6.98 Å². The quantitative estimate of drug-likeness (QED) is 0.476. The van der Waals surface area contributed by atoms with Crippen molar-refractivity contribution in [1.29, 1.82) is 0 Å². The second-order valence-corrected chi connectivity index (χ2v) is 8.47. The third-order valence-electron chi connectivity index (χ3n) is 6.50. The molecule has 1 N–H and O–H groups in total. The summed E-state index contributed by atoms with van der Waals surface area (Å²) >= 11 is 0. The Labute approximate surface area is 163 Å². The number of anilines is 1. The van der Waals surface area contributed by atoms with Crippen LogP contribution in [0.2, 0.25) is 13.6 Å². The lowest BCUT2D eigenvalue weighted by Gasteiger charge is -2.42. The van der Waals surface area contributed by atoms with Gasteiger partial charge in [-0.3, -0.25) is 0 Å². The number of fused-ring (bicyclic) bond motifs is 1. The van der Waals surface area contributed by atoms with Gasteiger partial charge in [0.05, 0.1) is 0 Å². The maximum Gasteiger partial charge on any atom is 0.329 e. The van der Waals surface area contributed by atoms with Crippen molar-refractivity contribution in [2.24, 2.45) is 0 Å². The van der Waals surface area contributed by atoms with Crippen molar-refractivity contribution in [2.75, 3.05) is 18.4 Å². The Morgan fingerprint density at radius 1 is 1.12 bits per heavy atom. The molecule has 1 aliphatic heterocycles. The molecule has 0 spiro atoms. The number of benzene rings is 1. The van der Waals surface area contributed by atoms with Gasteiger partial charge in [-0.05, 0) is 38.1 Å². The first kappa shape index (κ1) is 21.4. The molecule has 0 saturated carbocycles. The molecular formula is C21H39B2N3. The Balaban J connectivity index is 2.29. The van der Waals surface area contributed by atoms with Gasteiger partial charge in [0.1, 0.15) is 0 Å². The molecule has 3 nitrogen and oxygen atoms in total. The van der Waals surface area contributed by atoms with E-state index in [1.807, 2.05) is 0 Å². The SMILES string of the molecule is CCCCCCN(B(C)NC)B(C)N1c2ccccc2C(C)(C)C1CC. The molecule has 5 heteroatoms. The van der Waals surface area contributed by atoms with Gasteiger partial charge in [0.2, 0.25) is 0 Å². The molecule has 1 atom stereocenters. The molecule has 2 rings (SSSR count). The molecule has 0 saturated heterocycles. The van der Waals surface area contributed by atoms with Gasteiger partial charge < -0.3 is 14.8 Å². The standard InChI is InChI=1S/C21H39B2N3/c1-8-10-11-14-17-25(22(5)24-7)23(6)26-19-16-13-12-15-18(19)21(3,4)20(26)9-2/h12-13,15-16,20,24H,8-11,14,17H2,1-7H3. The minimum atomic E-state index is 0.191. The number of nitrogens with one attached hydrogen (secondary N) is 1. The molecule has 1 aromatic rings. The fourth-order valence-corrected chi connectivity index (χ4v) is 4.86. The zero-order valence-electron chi connectivity index (χ0n) is 18.2. The minimum Gasteiger partial charge on any atom is -0.398 e. The van der Waals surface area contributed by atoms with Crippen LogP contribution in [0.15, 0.2) is 24.3 Å². The Morgan fingerprint density at radius 3 is 2.42 bits per heavy atom. The van der Waals surface area contributed by atoms with Crippen molar-refractivity contribution < 1.29 is 0 Å². The van der Waals surface area contributed by atoms with E-state index in [9.17, 15) is 0 Å². The highest BCUT2D eigenvalue weighted by Gasteiger charge is 2.47. The van der Waals surface area contributed by atoms with E-state index >= 15 is 0 Å². The summed E-state index contributed by atoms with van der Waals surface area (Å²) in [4.78, 5) is 2.70. The van der Waals surface area contributed by atoms with Gasteiger partial charge in [-0.2, -0.15) is 0 Å². The summed E-state index contributed by atoms with van der Waals surface area (Å²) in [7, 11) is 2.08. The van der Waals surface area contributed by atoms with Crippen LogP contribution in [-0.4, -0.2) is 38.3 Å². The Hall–Kier alpha value is -0.930. The summed E-state index contributed by atoms with van der Waals surface area (Å²) in [5.74, 6) is 0. The van der Waals surface area contributed by atoms with Crippen LogP contribution in [0.1, 0.15) is 65.4 Å². The average molecular weight is 355 g/mol. The second kappa shape index (κ2) is 9.32. The molecule has 0 bridgehead atoms. The van der Waals surface area contributed by atoms with E-state index in [4.69, 9.17) is 0 Å². The maximum absolute atomic E-state index is 3.49. The third-order valence-corrected chi connectivity index (χ3v) is 6.50. The van der Waals surface area contributed by atoms with Crippen molar-refractivity contribution in [2.45, 2.75) is 84.9 Å². The summed E-state index contributed by atoms with van der Waals surface area (Å²) in [5, 5.41) is 3.49. The van der Waals surface area contributed by atoms with Crippen LogP contribution in [0.5, 0.6) is 0 Å². The lowest BCUT2D eigenvalue weighted by atomic mass is 9.60. The molecule has 1 unspecified atom stereocenters. The first-order chi connectivity index (χ1) is 12.4. The predicted octanol–water partition coefficient (Wildman–Crippen LogP) is 4.90. The molecule has 1 heterocycles.